The van der Waals surface area contributed by atoms with Crippen LogP contribution < -0.4 is 0 Å². The summed E-state index contributed by atoms with van der Waals surface area (Å²) >= 11 is 0. The minimum absolute atomic E-state index is 0.168. The van der Waals surface area contributed by atoms with Crippen LogP contribution in [0.1, 0.15) is 48.5 Å². The highest BCUT2D eigenvalue weighted by molar-refractivity contribution is 6.00. The highest BCUT2D eigenvalue weighted by atomic mass is 16.5. The van der Waals surface area contributed by atoms with Crippen molar-refractivity contribution in [2.45, 2.75) is 39.0 Å². The van der Waals surface area contributed by atoms with Gasteiger partial charge in [0.05, 0.1) is 0 Å². The zero-order chi connectivity index (χ0) is 12.8. The topological polar surface area (TPSA) is 26.3 Å². The Bertz CT molecular complexity index is 398. The standard InChI is InChI=1S/C16H22O2/c1-2-3-11-18-12-10-14-9-8-13-6-4-5-7-15(13)16(14)17/h4-7,14H,2-3,8-12H2,1H3. The monoisotopic (exact) mass is 246 g/mol. The lowest BCUT2D eigenvalue weighted by Gasteiger charge is -2.23. The van der Waals surface area contributed by atoms with Gasteiger partial charge in [0.15, 0.2) is 5.78 Å². The first-order valence-electron chi connectivity index (χ1n) is 7.02. The number of ketones is 1. The minimum atomic E-state index is 0.168. The number of benzene rings is 1. The molecule has 18 heavy (non-hydrogen) atoms. The van der Waals surface area contributed by atoms with Gasteiger partial charge in [-0.05, 0) is 31.2 Å². The molecular weight excluding hydrogens is 224 g/mol. The van der Waals surface area contributed by atoms with Crippen molar-refractivity contribution in [3.63, 3.8) is 0 Å². The number of ether oxygens (including phenoxy) is 1. The summed E-state index contributed by atoms with van der Waals surface area (Å²) in [5.74, 6) is 0.484. The van der Waals surface area contributed by atoms with Crippen molar-refractivity contribution in [3.05, 3.63) is 35.4 Å². The number of carbonyl (C=O) groups excluding carboxylic acids is 1. The van der Waals surface area contributed by atoms with E-state index in [4.69, 9.17) is 4.74 Å². The molecule has 0 bridgehead atoms. The fraction of sp³-hybridized carbons (Fsp3) is 0.562. The summed E-state index contributed by atoms with van der Waals surface area (Å²) in [6.45, 7) is 3.71. The van der Waals surface area contributed by atoms with Gasteiger partial charge >= 0.3 is 0 Å². The van der Waals surface area contributed by atoms with E-state index in [-0.39, 0.29) is 5.92 Å². The Morgan fingerprint density at radius 1 is 1.28 bits per heavy atom. The normalized spacial score (nSPS) is 18.7. The van der Waals surface area contributed by atoms with Crippen LogP contribution >= 0.6 is 0 Å². The maximum atomic E-state index is 12.3. The number of aryl methyl sites for hydroxylation is 1. The number of carbonyl (C=O) groups is 1. The average Bonchev–Trinajstić information content (AvgIpc) is 2.41. The average molecular weight is 246 g/mol. The Kier molecular flexibility index (Phi) is 4.94. The fourth-order valence-electron chi connectivity index (χ4n) is 2.51. The van der Waals surface area contributed by atoms with Crippen LogP contribution in [-0.2, 0) is 11.2 Å². The number of Topliss-reactive ketones (excluding diaryl/α,β-unsaturated/α-hetero) is 1. The van der Waals surface area contributed by atoms with Crippen molar-refractivity contribution in [1.82, 2.24) is 0 Å². The summed E-state index contributed by atoms with van der Waals surface area (Å²) in [7, 11) is 0. The molecule has 0 heterocycles. The molecule has 0 saturated heterocycles. The van der Waals surface area contributed by atoms with Gasteiger partial charge in [-0.25, -0.2) is 0 Å². The second kappa shape index (κ2) is 6.69. The third-order valence-corrected chi connectivity index (χ3v) is 3.67. The summed E-state index contributed by atoms with van der Waals surface area (Å²) in [4.78, 5) is 12.3. The van der Waals surface area contributed by atoms with E-state index in [1.165, 1.54) is 5.56 Å². The Morgan fingerprint density at radius 3 is 2.94 bits per heavy atom. The number of fused-ring (bicyclic) bond motifs is 1. The van der Waals surface area contributed by atoms with E-state index in [0.29, 0.717) is 5.78 Å². The molecule has 0 N–H and O–H groups in total. The number of rotatable bonds is 6. The van der Waals surface area contributed by atoms with Gasteiger partial charge in [-0.3, -0.25) is 4.79 Å². The number of unbranched alkanes of at least 4 members (excludes halogenated alkanes) is 1. The predicted molar refractivity (Wildman–Crippen MR) is 72.9 cm³/mol. The lowest BCUT2D eigenvalue weighted by atomic mass is 9.81. The van der Waals surface area contributed by atoms with Crippen LogP contribution in [-0.4, -0.2) is 19.0 Å². The fourth-order valence-corrected chi connectivity index (χ4v) is 2.51. The molecule has 1 aromatic rings. The van der Waals surface area contributed by atoms with Crippen molar-refractivity contribution < 1.29 is 9.53 Å². The van der Waals surface area contributed by atoms with Crippen LogP contribution in [0.25, 0.3) is 0 Å². The smallest absolute Gasteiger partial charge is 0.166 e. The second-order valence-corrected chi connectivity index (χ2v) is 5.01. The van der Waals surface area contributed by atoms with Gasteiger partial charge in [-0.2, -0.15) is 0 Å². The first-order valence-corrected chi connectivity index (χ1v) is 7.02. The Morgan fingerprint density at radius 2 is 2.11 bits per heavy atom. The molecule has 1 unspecified atom stereocenters. The van der Waals surface area contributed by atoms with Crippen molar-refractivity contribution in [3.8, 4) is 0 Å². The highest BCUT2D eigenvalue weighted by Crippen LogP contribution is 2.27. The maximum absolute atomic E-state index is 12.3. The van der Waals surface area contributed by atoms with Gasteiger partial charge < -0.3 is 4.74 Å². The molecule has 1 aliphatic rings. The zero-order valence-electron chi connectivity index (χ0n) is 11.2. The van der Waals surface area contributed by atoms with Crippen molar-refractivity contribution in [2.24, 2.45) is 5.92 Å². The minimum Gasteiger partial charge on any atom is -0.381 e. The van der Waals surface area contributed by atoms with E-state index in [9.17, 15) is 4.79 Å². The van der Waals surface area contributed by atoms with E-state index in [1.807, 2.05) is 18.2 Å². The van der Waals surface area contributed by atoms with Gasteiger partial charge in [0, 0.05) is 24.7 Å². The molecule has 2 nitrogen and oxygen atoms in total. The molecule has 1 atom stereocenters. The van der Waals surface area contributed by atoms with E-state index in [0.717, 1.165) is 50.9 Å². The van der Waals surface area contributed by atoms with Crippen LogP contribution in [0.15, 0.2) is 24.3 Å². The first-order chi connectivity index (χ1) is 8.83. The van der Waals surface area contributed by atoms with Gasteiger partial charge in [-0.1, -0.05) is 37.6 Å². The van der Waals surface area contributed by atoms with E-state index in [1.54, 1.807) is 0 Å². The Labute approximate surface area is 109 Å². The van der Waals surface area contributed by atoms with Crippen LogP contribution in [0.2, 0.25) is 0 Å². The molecule has 0 aromatic heterocycles. The molecule has 2 heteroatoms. The summed E-state index contributed by atoms with van der Waals surface area (Å²) in [5.41, 5.74) is 2.15. The Balaban J connectivity index is 1.84. The Hall–Kier alpha value is -1.15. The van der Waals surface area contributed by atoms with Crippen molar-refractivity contribution >= 4 is 5.78 Å². The molecule has 1 aliphatic carbocycles. The van der Waals surface area contributed by atoms with Crippen LogP contribution in [0.5, 0.6) is 0 Å². The van der Waals surface area contributed by atoms with Gasteiger partial charge in [0.2, 0.25) is 0 Å². The lowest BCUT2D eigenvalue weighted by Crippen LogP contribution is -2.23. The summed E-state index contributed by atoms with van der Waals surface area (Å²) < 4.78 is 5.56. The van der Waals surface area contributed by atoms with Crippen LogP contribution in [0.3, 0.4) is 0 Å². The van der Waals surface area contributed by atoms with Crippen LogP contribution in [0.4, 0.5) is 0 Å². The zero-order valence-corrected chi connectivity index (χ0v) is 11.2. The van der Waals surface area contributed by atoms with Gasteiger partial charge in [-0.15, -0.1) is 0 Å². The van der Waals surface area contributed by atoms with Gasteiger partial charge in [0.25, 0.3) is 0 Å². The summed E-state index contributed by atoms with van der Waals surface area (Å²) in [6.07, 6.45) is 5.16. The van der Waals surface area contributed by atoms with E-state index < -0.39 is 0 Å². The molecule has 1 aromatic carbocycles. The maximum Gasteiger partial charge on any atom is 0.166 e. The highest BCUT2D eigenvalue weighted by Gasteiger charge is 2.26. The summed E-state index contributed by atoms with van der Waals surface area (Å²) in [6, 6.07) is 8.00. The van der Waals surface area contributed by atoms with Crippen molar-refractivity contribution in [2.75, 3.05) is 13.2 Å². The largest absolute Gasteiger partial charge is 0.381 e. The molecule has 0 radical (unpaired) electrons. The second-order valence-electron chi connectivity index (χ2n) is 5.01. The number of hydrogen-bond donors (Lipinski definition) is 0. The molecule has 2 rings (SSSR count). The van der Waals surface area contributed by atoms with Gasteiger partial charge in [0.1, 0.15) is 0 Å². The molecule has 0 amide bonds. The predicted octanol–water partition coefficient (Wildman–Crippen LogP) is 3.64. The third-order valence-electron chi connectivity index (χ3n) is 3.67. The van der Waals surface area contributed by atoms with E-state index in [2.05, 4.69) is 13.0 Å². The SMILES string of the molecule is CCCCOCCC1CCc2ccccc2C1=O. The molecule has 98 valence electrons. The van der Waals surface area contributed by atoms with E-state index >= 15 is 0 Å². The molecular formula is C16H22O2. The third kappa shape index (κ3) is 3.20. The molecule has 0 spiro atoms. The molecule has 0 aliphatic heterocycles. The molecule has 0 saturated carbocycles. The summed E-state index contributed by atoms with van der Waals surface area (Å²) in [5, 5.41) is 0. The number of hydrogen-bond acceptors (Lipinski definition) is 2. The van der Waals surface area contributed by atoms with Crippen molar-refractivity contribution in [1.29, 1.82) is 0 Å². The quantitative estimate of drug-likeness (QED) is 0.716. The van der Waals surface area contributed by atoms with Crippen LogP contribution in [0, 0.1) is 5.92 Å². The first kappa shape index (κ1) is 13.3. The lowest BCUT2D eigenvalue weighted by molar-refractivity contribution is 0.0809. The molecule has 0 fully saturated rings.